The van der Waals surface area contributed by atoms with Gasteiger partial charge in [0.15, 0.2) is 5.78 Å². The van der Waals surface area contributed by atoms with E-state index in [0.29, 0.717) is 0 Å². The molecular weight excluding hydrogens is 304 g/mol. The summed E-state index contributed by atoms with van der Waals surface area (Å²) in [6.07, 6.45) is 0. The molecular formula is C21H19ClO. The summed E-state index contributed by atoms with van der Waals surface area (Å²) < 4.78 is 0. The Morgan fingerprint density at radius 3 is 1.39 bits per heavy atom. The molecule has 3 rings (SSSR count). The van der Waals surface area contributed by atoms with Gasteiger partial charge in [0.05, 0.1) is 5.41 Å². The zero-order valence-electron chi connectivity index (χ0n) is 13.0. The molecule has 0 aliphatic rings. The first-order valence-corrected chi connectivity index (χ1v) is 7.44. The Bertz CT molecular complexity index is 712. The molecule has 0 N–H and O–H groups in total. The fourth-order valence-corrected chi connectivity index (χ4v) is 2.85. The second-order valence-corrected chi connectivity index (χ2v) is 5.55. The fourth-order valence-electron chi connectivity index (χ4n) is 2.85. The molecule has 3 aromatic carbocycles. The lowest BCUT2D eigenvalue weighted by atomic mass is 9.71. The minimum absolute atomic E-state index is 0. The predicted octanol–water partition coefficient (Wildman–Crippen LogP) is 5.30. The van der Waals surface area contributed by atoms with Crippen LogP contribution in [0.4, 0.5) is 0 Å². The van der Waals surface area contributed by atoms with Gasteiger partial charge in [-0.15, -0.1) is 12.4 Å². The van der Waals surface area contributed by atoms with Crippen molar-refractivity contribution in [3.05, 3.63) is 108 Å². The molecule has 23 heavy (non-hydrogen) atoms. The SMILES string of the molecule is CC(C(=O)c1ccccc1)(c1ccccc1)c1ccccc1.Cl. The third-order valence-electron chi connectivity index (χ3n) is 4.19. The standard InChI is InChI=1S/C21H18O.ClH/c1-21(18-13-7-3-8-14-18,19-15-9-4-10-16-19)20(22)17-11-5-2-6-12-17;/h2-16H,1H3;1H. The molecule has 0 amide bonds. The van der Waals surface area contributed by atoms with E-state index >= 15 is 0 Å². The molecule has 3 aromatic rings. The van der Waals surface area contributed by atoms with Crippen LogP contribution < -0.4 is 0 Å². The van der Waals surface area contributed by atoms with Crippen LogP contribution in [0.25, 0.3) is 0 Å². The number of halogens is 1. The number of hydrogen-bond acceptors (Lipinski definition) is 1. The topological polar surface area (TPSA) is 17.1 Å². The van der Waals surface area contributed by atoms with Crippen LogP contribution in [-0.2, 0) is 5.41 Å². The van der Waals surface area contributed by atoms with E-state index in [9.17, 15) is 4.79 Å². The van der Waals surface area contributed by atoms with Gasteiger partial charge >= 0.3 is 0 Å². The van der Waals surface area contributed by atoms with Crippen molar-refractivity contribution in [3.8, 4) is 0 Å². The first kappa shape index (κ1) is 17.0. The van der Waals surface area contributed by atoms with Gasteiger partial charge in [0.25, 0.3) is 0 Å². The van der Waals surface area contributed by atoms with E-state index in [0.717, 1.165) is 16.7 Å². The Hall–Kier alpha value is -2.38. The van der Waals surface area contributed by atoms with Gasteiger partial charge in [0.2, 0.25) is 0 Å². The maximum absolute atomic E-state index is 13.3. The Morgan fingerprint density at radius 2 is 1.00 bits per heavy atom. The lowest BCUT2D eigenvalue weighted by Crippen LogP contribution is -2.34. The van der Waals surface area contributed by atoms with E-state index in [1.807, 2.05) is 97.9 Å². The summed E-state index contributed by atoms with van der Waals surface area (Å²) in [6.45, 7) is 2.01. The minimum Gasteiger partial charge on any atom is -0.293 e. The Morgan fingerprint density at radius 1 is 0.652 bits per heavy atom. The van der Waals surface area contributed by atoms with Gasteiger partial charge in [0.1, 0.15) is 0 Å². The zero-order valence-corrected chi connectivity index (χ0v) is 13.8. The molecule has 0 saturated heterocycles. The fraction of sp³-hybridized carbons (Fsp3) is 0.0952. The molecule has 0 unspecified atom stereocenters. The Balaban J connectivity index is 0.00000192. The van der Waals surface area contributed by atoms with Crippen molar-refractivity contribution >= 4 is 18.2 Å². The molecule has 0 atom stereocenters. The van der Waals surface area contributed by atoms with Crippen LogP contribution in [0.1, 0.15) is 28.4 Å². The average molecular weight is 323 g/mol. The van der Waals surface area contributed by atoms with Crippen molar-refractivity contribution in [2.45, 2.75) is 12.3 Å². The van der Waals surface area contributed by atoms with Gasteiger partial charge in [0, 0.05) is 5.56 Å². The van der Waals surface area contributed by atoms with Gasteiger partial charge in [-0.2, -0.15) is 0 Å². The minimum atomic E-state index is -0.691. The normalized spacial score (nSPS) is 10.7. The maximum Gasteiger partial charge on any atom is 0.177 e. The highest BCUT2D eigenvalue weighted by molar-refractivity contribution is 6.06. The number of carbonyl (C=O) groups excluding carboxylic acids is 1. The molecule has 0 aromatic heterocycles. The summed E-state index contributed by atoms with van der Waals surface area (Å²) in [7, 11) is 0. The highest BCUT2D eigenvalue weighted by Gasteiger charge is 2.37. The second-order valence-electron chi connectivity index (χ2n) is 5.55. The summed E-state index contributed by atoms with van der Waals surface area (Å²) >= 11 is 0. The monoisotopic (exact) mass is 322 g/mol. The largest absolute Gasteiger partial charge is 0.293 e. The van der Waals surface area contributed by atoms with Crippen LogP contribution in [-0.4, -0.2) is 5.78 Å². The van der Waals surface area contributed by atoms with Crippen molar-refractivity contribution in [1.29, 1.82) is 0 Å². The summed E-state index contributed by atoms with van der Waals surface area (Å²) in [4.78, 5) is 13.3. The molecule has 1 nitrogen and oxygen atoms in total. The maximum atomic E-state index is 13.3. The van der Waals surface area contributed by atoms with Gasteiger partial charge in [-0.3, -0.25) is 4.79 Å². The lowest BCUT2D eigenvalue weighted by molar-refractivity contribution is 0.0922. The molecule has 0 spiro atoms. The van der Waals surface area contributed by atoms with Crippen LogP contribution in [0.2, 0.25) is 0 Å². The lowest BCUT2D eigenvalue weighted by Gasteiger charge is -2.29. The van der Waals surface area contributed by atoms with Crippen molar-refractivity contribution < 1.29 is 4.79 Å². The van der Waals surface area contributed by atoms with Gasteiger partial charge in [-0.25, -0.2) is 0 Å². The quantitative estimate of drug-likeness (QED) is 0.596. The van der Waals surface area contributed by atoms with Crippen LogP contribution in [0, 0.1) is 0 Å². The van der Waals surface area contributed by atoms with E-state index in [2.05, 4.69) is 0 Å². The zero-order chi connectivity index (χ0) is 15.4. The third-order valence-corrected chi connectivity index (χ3v) is 4.19. The summed E-state index contributed by atoms with van der Waals surface area (Å²) in [6, 6.07) is 29.5. The Labute approximate surface area is 143 Å². The predicted molar refractivity (Wildman–Crippen MR) is 97.4 cm³/mol. The highest BCUT2D eigenvalue weighted by Crippen LogP contribution is 2.35. The number of rotatable bonds is 4. The van der Waals surface area contributed by atoms with Crippen LogP contribution in [0.5, 0.6) is 0 Å². The molecule has 0 heterocycles. The molecule has 0 fully saturated rings. The van der Waals surface area contributed by atoms with Crippen molar-refractivity contribution in [1.82, 2.24) is 0 Å². The van der Waals surface area contributed by atoms with E-state index in [1.165, 1.54) is 0 Å². The number of hydrogen-bond donors (Lipinski definition) is 0. The van der Waals surface area contributed by atoms with Gasteiger partial charge in [-0.1, -0.05) is 91.0 Å². The van der Waals surface area contributed by atoms with Crippen molar-refractivity contribution in [3.63, 3.8) is 0 Å². The first-order chi connectivity index (χ1) is 10.7. The van der Waals surface area contributed by atoms with E-state index in [4.69, 9.17) is 0 Å². The molecule has 2 heteroatoms. The molecule has 0 bridgehead atoms. The van der Waals surface area contributed by atoms with Gasteiger partial charge in [-0.05, 0) is 18.1 Å². The number of Topliss-reactive ketones (excluding diaryl/α,β-unsaturated/α-hetero) is 1. The molecule has 0 saturated carbocycles. The molecule has 0 aliphatic heterocycles. The van der Waals surface area contributed by atoms with E-state index in [1.54, 1.807) is 0 Å². The summed E-state index contributed by atoms with van der Waals surface area (Å²) in [5, 5.41) is 0. The van der Waals surface area contributed by atoms with E-state index < -0.39 is 5.41 Å². The molecule has 0 radical (unpaired) electrons. The van der Waals surface area contributed by atoms with Crippen molar-refractivity contribution in [2.24, 2.45) is 0 Å². The third kappa shape index (κ3) is 3.20. The van der Waals surface area contributed by atoms with Crippen molar-refractivity contribution in [2.75, 3.05) is 0 Å². The molecule has 0 aliphatic carbocycles. The van der Waals surface area contributed by atoms with Crippen LogP contribution in [0.15, 0.2) is 91.0 Å². The number of carbonyl (C=O) groups is 1. The van der Waals surface area contributed by atoms with Crippen LogP contribution >= 0.6 is 12.4 Å². The molecule has 116 valence electrons. The number of ketones is 1. The summed E-state index contributed by atoms with van der Waals surface area (Å²) in [5.41, 5.74) is 2.06. The van der Waals surface area contributed by atoms with E-state index in [-0.39, 0.29) is 18.2 Å². The smallest absolute Gasteiger partial charge is 0.177 e. The first-order valence-electron chi connectivity index (χ1n) is 7.44. The average Bonchev–Trinajstić information content (AvgIpc) is 2.62. The highest BCUT2D eigenvalue weighted by atomic mass is 35.5. The second kappa shape index (κ2) is 7.26. The Kier molecular flexibility index (Phi) is 5.36. The van der Waals surface area contributed by atoms with Crippen LogP contribution in [0.3, 0.4) is 0 Å². The number of benzene rings is 3. The van der Waals surface area contributed by atoms with Gasteiger partial charge < -0.3 is 0 Å². The summed E-state index contributed by atoms with van der Waals surface area (Å²) in [5.74, 6) is 0.116.